The van der Waals surface area contributed by atoms with Crippen LogP contribution in [0.15, 0.2) is 30.6 Å². The highest BCUT2D eigenvalue weighted by Crippen LogP contribution is 2.34. The summed E-state index contributed by atoms with van der Waals surface area (Å²) in [5.41, 5.74) is 2.57. The van der Waals surface area contributed by atoms with Crippen LogP contribution in [0.5, 0.6) is 0 Å². The van der Waals surface area contributed by atoms with E-state index >= 15 is 0 Å². The quantitative estimate of drug-likeness (QED) is 0.421. The van der Waals surface area contributed by atoms with Crippen molar-refractivity contribution >= 4 is 28.5 Å². The van der Waals surface area contributed by atoms with Gasteiger partial charge in [-0.1, -0.05) is 6.07 Å². The largest absolute Gasteiger partial charge is 0.395 e. The van der Waals surface area contributed by atoms with Gasteiger partial charge in [0.2, 0.25) is 5.95 Å². The summed E-state index contributed by atoms with van der Waals surface area (Å²) < 4.78 is 0. The molecule has 37 heavy (non-hydrogen) atoms. The van der Waals surface area contributed by atoms with Crippen molar-refractivity contribution in [1.82, 2.24) is 29.7 Å². The van der Waals surface area contributed by atoms with Gasteiger partial charge in [-0.25, -0.2) is 19.9 Å². The molecule has 3 aromatic heterocycles. The zero-order valence-corrected chi connectivity index (χ0v) is 22.0. The Labute approximate surface area is 218 Å². The lowest BCUT2D eigenvalue weighted by molar-refractivity contribution is 0.108. The maximum atomic E-state index is 10.2. The number of aromatic nitrogens is 4. The number of anilines is 3. The van der Waals surface area contributed by atoms with Crippen molar-refractivity contribution in [3.05, 3.63) is 41.9 Å². The van der Waals surface area contributed by atoms with Gasteiger partial charge in [-0.3, -0.25) is 9.80 Å². The third-order valence-corrected chi connectivity index (χ3v) is 7.54. The van der Waals surface area contributed by atoms with E-state index in [0.29, 0.717) is 29.5 Å². The van der Waals surface area contributed by atoms with Crippen LogP contribution in [-0.2, 0) is 6.54 Å². The number of β-amino-alcohol motifs (C(OH)–C–C–N with tert-alkyl or cyclic N) is 1. The van der Waals surface area contributed by atoms with Crippen LogP contribution in [0.4, 0.5) is 17.6 Å². The zero-order chi connectivity index (χ0) is 25.9. The highest BCUT2D eigenvalue weighted by atomic mass is 16.3. The zero-order valence-electron chi connectivity index (χ0n) is 22.0. The first-order valence-corrected chi connectivity index (χ1v) is 13.3. The lowest BCUT2D eigenvalue weighted by Crippen LogP contribution is -2.46. The summed E-state index contributed by atoms with van der Waals surface area (Å²) >= 11 is 0. The van der Waals surface area contributed by atoms with Gasteiger partial charge in [-0.15, -0.1) is 0 Å². The Bertz CT molecular complexity index is 1190. The Balaban J connectivity index is 1.32. The summed E-state index contributed by atoms with van der Waals surface area (Å²) in [6.45, 7) is 11.9. The van der Waals surface area contributed by atoms with E-state index in [2.05, 4.69) is 49.9 Å². The monoisotopic (exact) mass is 506 g/mol. The molecule has 3 aromatic rings. The number of pyridine rings is 2. The lowest BCUT2D eigenvalue weighted by atomic mass is 10.1. The summed E-state index contributed by atoms with van der Waals surface area (Å²) in [7, 11) is 0. The number of hydrogen-bond donors (Lipinski definition) is 3. The van der Waals surface area contributed by atoms with Gasteiger partial charge in [0.25, 0.3) is 0 Å². The maximum Gasteiger partial charge on any atom is 0.229 e. The highest BCUT2D eigenvalue weighted by Gasteiger charge is 2.31. The van der Waals surface area contributed by atoms with Gasteiger partial charge < -0.3 is 20.4 Å². The van der Waals surface area contributed by atoms with Crippen molar-refractivity contribution in [2.45, 2.75) is 58.3 Å². The van der Waals surface area contributed by atoms with Crippen LogP contribution in [-0.4, -0.2) is 91.4 Å². The molecule has 2 saturated heterocycles. The second kappa shape index (κ2) is 11.2. The van der Waals surface area contributed by atoms with Crippen LogP contribution < -0.4 is 10.2 Å². The van der Waals surface area contributed by atoms with E-state index in [9.17, 15) is 5.11 Å². The maximum absolute atomic E-state index is 10.2. The first-order valence-electron chi connectivity index (χ1n) is 13.3. The molecule has 2 aliphatic heterocycles. The van der Waals surface area contributed by atoms with Crippen LogP contribution in [0, 0.1) is 0 Å². The molecule has 198 valence electrons. The molecule has 3 atom stereocenters. The molecule has 5 rings (SSSR count). The van der Waals surface area contributed by atoms with E-state index in [0.717, 1.165) is 74.4 Å². The Morgan fingerprint density at radius 1 is 1.00 bits per heavy atom. The minimum absolute atomic E-state index is 0.219. The molecular weight excluding hydrogens is 468 g/mol. The van der Waals surface area contributed by atoms with Crippen molar-refractivity contribution in [3.8, 4) is 0 Å². The molecule has 0 amide bonds. The van der Waals surface area contributed by atoms with Gasteiger partial charge >= 0.3 is 0 Å². The minimum Gasteiger partial charge on any atom is -0.395 e. The Morgan fingerprint density at radius 2 is 1.73 bits per heavy atom. The summed E-state index contributed by atoms with van der Waals surface area (Å²) in [5.74, 6) is 1.97. The van der Waals surface area contributed by atoms with Gasteiger partial charge in [0.05, 0.1) is 18.4 Å². The van der Waals surface area contributed by atoms with Crippen molar-refractivity contribution in [1.29, 1.82) is 0 Å². The molecule has 0 aromatic carbocycles. The molecular formula is C27H38N8O2. The number of nitrogens with zero attached hydrogens (tertiary/aromatic N) is 7. The molecule has 0 saturated carbocycles. The average Bonchev–Trinajstić information content (AvgIpc) is 3.23. The topological polar surface area (TPSA) is 114 Å². The summed E-state index contributed by atoms with van der Waals surface area (Å²) in [6.07, 6.45) is 5.24. The third-order valence-electron chi connectivity index (χ3n) is 7.54. The Kier molecular flexibility index (Phi) is 7.80. The number of rotatable bonds is 8. The molecule has 0 bridgehead atoms. The van der Waals surface area contributed by atoms with E-state index in [1.165, 1.54) is 0 Å². The molecule has 0 spiro atoms. The van der Waals surface area contributed by atoms with Crippen LogP contribution in [0.2, 0.25) is 0 Å². The lowest BCUT2D eigenvalue weighted by Gasteiger charge is -2.34. The van der Waals surface area contributed by atoms with Crippen molar-refractivity contribution in [2.75, 3.05) is 49.5 Å². The first-order chi connectivity index (χ1) is 17.9. The predicted octanol–water partition coefficient (Wildman–Crippen LogP) is 2.70. The fourth-order valence-corrected chi connectivity index (χ4v) is 5.39. The van der Waals surface area contributed by atoms with E-state index < -0.39 is 6.10 Å². The van der Waals surface area contributed by atoms with Gasteiger partial charge in [-0.2, -0.15) is 0 Å². The van der Waals surface area contributed by atoms with Gasteiger partial charge in [-0.05, 0) is 51.3 Å². The number of piperazine rings is 1. The van der Waals surface area contributed by atoms with Crippen molar-refractivity contribution in [2.24, 2.45) is 0 Å². The Hall–Kier alpha value is -2.92. The summed E-state index contributed by atoms with van der Waals surface area (Å²) in [6, 6.07) is 6.63. The third kappa shape index (κ3) is 5.82. The fourth-order valence-electron chi connectivity index (χ4n) is 5.39. The standard InChI is InChI=1S/C27H38N8O2/c1-18-4-5-19(2)35(18)26-25-22(14-23(30-26)20(3)37)16-29-27(32-25)31-24-7-6-21(15-28-24)17-34-10-8-33(9-11-34)12-13-36/h6-7,14-16,18-20,36-37H,4-5,8-13,17H2,1-3H3,(H,28,29,31,32). The smallest absolute Gasteiger partial charge is 0.229 e. The fraction of sp³-hybridized carbons (Fsp3) is 0.556. The highest BCUT2D eigenvalue weighted by molar-refractivity contribution is 5.90. The summed E-state index contributed by atoms with van der Waals surface area (Å²) in [4.78, 5) is 25.8. The van der Waals surface area contributed by atoms with Gasteiger partial charge in [0.15, 0.2) is 5.82 Å². The van der Waals surface area contributed by atoms with Gasteiger partial charge in [0, 0.05) is 69.1 Å². The van der Waals surface area contributed by atoms with Crippen LogP contribution in [0.25, 0.3) is 10.9 Å². The molecule has 3 unspecified atom stereocenters. The van der Waals surface area contributed by atoms with E-state index in [4.69, 9.17) is 15.1 Å². The average molecular weight is 507 g/mol. The number of aliphatic hydroxyl groups is 2. The van der Waals surface area contributed by atoms with E-state index in [-0.39, 0.29) is 6.61 Å². The minimum atomic E-state index is -0.665. The second-order valence-corrected chi connectivity index (χ2v) is 10.4. The van der Waals surface area contributed by atoms with Crippen molar-refractivity contribution in [3.63, 3.8) is 0 Å². The number of fused-ring (bicyclic) bond motifs is 1. The van der Waals surface area contributed by atoms with Crippen LogP contribution in [0.1, 0.15) is 51.0 Å². The SMILES string of the molecule is CC(O)c1cc2cnc(Nc3ccc(CN4CCN(CCO)CC4)cn3)nc2c(N2C(C)CCC2C)n1. The van der Waals surface area contributed by atoms with E-state index in [1.54, 1.807) is 13.1 Å². The van der Waals surface area contributed by atoms with Crippen molar-refractivity contribution < 1.29 is 10.2 Å². The number of aliphatic hydroxyl groups excluding tert-OH is 2. The predicted molar refractivity (Wildman–Crippen MR) is 145 cm³/mol. The summed E-state index contributed by atoms with van der Waals surface area (Å²) in [5, 5.41) is 23.5. The molecule has 2 fully saturated rings. The Morgan fingerprint density at radius 3 is 2.38 bits per heavy atom. The van der Waals surface area contributed by atoms with E-state index in [1.807, 2.05) is 18.3 Å². The normalized spacial score (nSPS) is 22.0. The molecule has 5 heterocycles. The van der Waals surface area contributed by atoms with Crippen LogP contribution in [0.3, 0.4) is 0 Å². The number of hydrogen-bond acceptors (Lipinski definition) is 10. The molecule has 2 aliphatic rings. The molecule has 0 aliphatic carbocycles. The van der Waals surface area contributed by atoms with Gasteiger partial charge in [0.1, 0.15) is 11.3 Å². The molecule has 10 nitrogen and oxygen atoms in total. The second-order valence-electron chi connectivity index (χ2n) is 10.4. The number of nitrogens with one attached hydrogen (secondary N) is 1. The molecule has 10 heteroatoms. The van der Waals surface area contributed by atoms with Crippen LogP contribution >= 0.6 is 0 Å². The molecule has 3 N–H and O–H groups in total. The first kappa shape index (κ1) is 25.7. The molecule has 0 radical (unpaired) electrons.